The van der Waals surface area contributed by atoms with Gasteiger partial charge in [0.05, 0.1) is 31.8 Å². The van der Waals surface area contributed by atoms with E-state index in [4.69, 9.17) is 15.2 Å². The van der Waals surface area contributed by atoms with Crippen LogP contribution in [0.4, 0.5) is 0 Å². The van der Waals surface area contributed by atoms with Crippen molar-refractivity contribution in [2.45, 2.75) is 125 Å². The predicted molar refractivity (Wildman–Crippen MR) is 178 cm³/mol. The maximum absolute atomic E-state index is 13.4. The SMILES string of the molecule is CC(C)[C@@H](C)[C@@]1(C)CC[C@]2(C)[C@H]3CC[C@@H]4[C@@]5(COC[C@@]4(C)[C@@H](OCC(C)(N)C(C)C)[C@H](n4ncnn4)C5)C3=CC[C@@]2(C)[C@@H]1C(=O)O. The van der Waals surface area contributed by atoms with Crippen molar-refractivity contribution in [1.29, 1.82) is 0 Å². The maximum Gasteiger partial charge on any atom is 0.307 e. The first-order chi connectivity index (χ1) is 21.4. The number of aliphatic carboxylic acids is 1. The number of carboxylic acids is 1. The van der Waals surface area contributed by atoms with Crippen molar-refractivity contribution in [1.82, 2.24) is 20.2 Å². The van der Waals surface area contributed by atoms with Crippen LogP contribution < -0.4 is 5.73 Å². The standard InChI is InChI=1S/C37H61N5O4/c1-22(2)24(5)32(6)15-16-34(8)25-11-12-28-33(7)18-45-20-37(28,26(25)13-14-35(34,9)29(32)31(43)44)17-27(42-40-21-39-41-42)30(33)46-19-36(10,38)23(3)4/h13,21-25,27-30H,11-12,14-20,38H2,1-10H3,(H,43,44)/t24-,25+,27-,28+,29-,30+,32-,33-,34-,35+,36?,37+/m1/s1. The smallest absolute Gasteiger partial charge is 0.307 e. The second-order valence-electron chi connectivity index (χ2n) is 18.3. The molecule has 9 heteroatoms. The zero-order valence-electron chi connectivity index (χ0n) is 30.2. The fraction of sp³-hybridized carbons (Fsp3) is 0.892. The van der Waals surface area contributed by atoms with Crippen LogP contribution in [-0.2, 0) is 14.3 Å². The molecule has 2 bridgehead atoms. The van der Waals surface area contributed by atoms with Crippen LogP contribution in [-0.4, -0.2) is 62.7 Å². The van der Waals surface area contributed by atoms with E-state index < -0.39 is 17.4 Å². The van der Waals surface area contributed by atoms with Crippen LogP contribution in [0.3, 0.4) is 0 Å². The molecule has 46 heavy (non-hydrogen) atoms. The Balaban J connectivity index is 1.43. The number of aromatic nitrogens is 4. The molecule has 258 valence electrons. The van der Waals surface area contributed by atoms with Crippen LogP contribution in [0.15, 0.2) is 18.0 Å². The summed E-state index contributed by atoms with van der Waals surface area (Å²) in [4.78, 5) is 15.2. The lowest BCUT2D eigenvalue weighted by Crippen LogP contribution is -2.69. The average Bonchev–Trinajstić information content (AvgIpc) is 3.51. The van der Waals surface area contributed by atoms with Gasteiger partial charge < -0.3 is 20.3 Å². The highest BCUT2D eigenvalue weighted by Gasteiger charge is 2.72. The van der Waals surface area contributed by atoms with E-state index in [1.165, 1.54) is 11.9 Å². The Morgan fingerprint density at radius 2 is 1.85 bits per heavy atom. The van der Waals surface area contributed by atoms with Crippen molar-refractivity contribution in [3.05, 3.63) is 18.0 Å². The van der Waals surface area contributed by atoms with E-state index in [0.717, 1.165) is 38.5 Å². The van der Waals surface area contributed by atoms with Gasteiger partial charge in [-0.2, -0.15) is 4.80 Å². The van der Waals surface area contributed by atoms with Crippen molar-refractivity contribution in [2.75, 3.05) is 19.8 Å². The number of carboxylic acid groups (broad SMARTS) is 1. The van der Waals surface area contributed by atoms with Crippen LogP contribution in [0.1, 0.15) is 114 Å². The summed E-state index contributed by atoms with van der Waals surface area (Å²) < 4.78 is 13.6. The van der Waals surface area contributed by atoms with Gasteiger partial charge >= 0.3 is 5.97 Å². The minimum atomic E-state index is -0.621. The molecule has 0 radical (unpaired) electrons. The third-order valence-electron chi connectivity index (χ3n) is 15.6. The molecule has 4 fully saturated rings. The molecule has 5 aliphatic rings. The molecule has 1 aromatic heterocycles. The topological polar surface area (TPSA) is 125 Å². The summed E-state index contributed by atoms with van der Waals surface area (Å²) in [5, 5.41) is 24.2. The summed E-state index contributed by atoms with van der Waals surface area (Å²) in [7, 11) is 0. The lowest BCUT2D eigenvalue weighted by molar-refractivity contribution is -0.253. The summed E-state index contributed by atoms with van der Waals surface area (Å²) in [6.45, 7) is 24.3. The molecular weight excluding hydrogens is 578 g/mol. The van der Waals surface area contributed by atoms with Gasteiger partial charge in [-0.25, -0.2) is 0 Å². The zero-order valence-corrected chi connectivity index (χ0v) is 30.2. The van der Waals surface area contributed by atoms with Gasteiger partial charge in [-0.05, 0) is 96.5 Å². The molecule has 3 saturated carbocycles. The van der Waals surface area contributed by atoms with Gasteiger partial charge in [0.15, 0.2) is 6.33 Å². The maximum atomic E-state index is 13.4. The molecule has 4 aliphatic carbocycles. The molecule has 1 aliphatic heterocycles. The Morgan fingerprint density at radius 3 is 2.46 bits per heavy atom. The Morgan fingerprint density at radius 1 is 1.13 bits per heavy atom. The summed E-state index contributed by atoms with van der Waals surface area (Å²) in [5.74, 6) is 0.676. The first-order valence-corrected chi connectivity index (χ1v) is 18.0. The Kier molecular flexibility index (Phi) is 8.21. The third kappa shape index (κ3) is 4.56. The van der Waals surface area contributed by atoms with Crippen LogP contribution in [0.2, 0.25) is 0 Å². The molecule has 12 atom stereocenters. The van der Waals surface area contributed by atoms with Gasteiger partial charge in [-0.3, -0.25) is 4.79 Å². The second kappa shape index (κ2) is 11.1. The van der Waals surface area contributed by atoms with Crippen LogP contribution in [0.5, 0.6) is 0 Å². The lowest BCUT2D eigenvalue weighted by atomic mass is 9.34. The molecule has 0 aromatic carbocycles. The van der Waals surface area contributed by atoms with E-state index in [0.29, 0.717) is 43.5 Å². The minimum absolute atomic E-state index is 0.107. The number of nitrogens with zero attached hydrogens (tertiary/aromatic N) is 4. The summed E-state index contributed by atoms with van der Waals surface area (Å²) >= 11 is 0. The summed E-state index contributed by atoms with van der Waals surface area (Å²) in [6, 6.07) is -0.107. The quantitative estimate of drug-likeness (QED) is 0.306. The Hall–Kier alpha value is -1.84. The highest BCUT2D eigenvalue weighted by atomic mass is 16.5. The molecule has 1 aromatic rings. The number of hydrogen-bond acceptors (Lipinski definition) is 7. The van der Waals surface area contributed by atoms with Crippen LogP contribution in [0.25, 0.3) is 0 Å². The van der Waals surface area contributed by atoms with Gasteiger partial charge in [0.2, 0.25) is 0 Å². The molecule has 9 nitrogen and oxygen atoms in total. The van der Waals surface area contributed by atoms with Crippen LogP contribution >= 0.6 is 0 Å². The highest BCUT2D eigenvalue weighted by molar-refractivity contribution is 5.73. The Bertz CT molecular complexity index is 1340. The molecule has 2 heterocycles. The van der Waals surface area contributed by atoms with E-state index in [1.54, 1.807) is 4.80 Å². The van der Waals surface area contributed by atoms with Crippen molar-refractivity contribution >= 4 is 5.97 Å². The number of carbonyl (C=O) groups is 1. The number of hydrogen-bond donors (Lipinski definition) is 2. The molecule has 6 rings (SSSR count). The highest BCUT2D eigenvalue weighted by Crippen LogP contribution is 2.75. The first-order valence-electron chi connectivity index (χ1n) is 18.0. The average molecular weight is 640 g/mol. The first kappa shape index (κ1) is 34.0. The largest absolute Gasteiger partial charge is 0.481 e. The number of allylic oxidation sites excluding steroid dienone is 1. The Labute approximate surface area is 276 Å². The zero-order chi connectivity index (χ0) is 33.7. The molecule has 1 saturated heterocycles. The van der Waals surface area contributed by atoms with Crippen molar-refractivity contribution in [2.24, 2.45) is 68.3 Å². The van der Waals surface area contributed by atoms with Crippen molar-refractivity contribution < 1.29 is 19.4 Å². The molecule has 3 N–H and O–H groups in total. The molecule has 0 amide bonds. The van der Waals surface area contributed by atoms with E-state index in [9.17, 15) is 9.90 Å². The van der Waals surface area contributed by atoms with Gasteiger partial charge in [-0.15, -0.1) is 10.2 Å². The summed E-state index contributed by atoms with van der Waals surface area (Å²) in [6.07, 6.45) is 9.58. The third-order valence-corrected chi connectivity index (χ3v) is 15.6. The predicted octanol–water partition coefficient (Wildman–Crippen LogP) is 6.56. The molecule has 1 unspecified atom stereocenters. The normalized spacial score (nSPS) is 45.7. The van der Waals surface area contributed by atoms with Gasteiger partial charge in [0.25, 0.3) is 0 Å². The lowest BCUT2D eigenvalue weighted by Gasteiger charge is -2.71. The second-order valence-corrected chi connectivity index (χ2v) is 18.3. The number of rotatable bonds is 8. The van der Waals surface area contributed by atoms with E-state index in [-0.39, 0.29) is 45.1 Å². The van der Waals surface area contributed by atoms with Crippen molar-refractivity contribution in [3.8, 4) is 0 Å². The van der Waals surface area contributed by atoms with E-state index >= 15 is 0 Å². The van der Waals surface area contributed by atoms with E-state index in [1.807, 2.05) is 0 Å². The molecular formula is C37H61N5O4. The fourth-order valence-electron chi connectivity index (χ4n) is 11.9. The number of tetrazole rings is 1. The van der Waals surface area contributed by atoms with Gasteiger partial charge in [0.1, 0.15) is 6.04 Å². The van der Waals surface area contributed by atoms with Crippen LogP contribution in [0, 0.1) is 62.6 Å². The van der Waals surface area contributed by atoms with Gasteiger partial charge in [0, 0.05) is 16.4 Å². The monoisotopic (exact) mass is 639 g/mol. The molecule has 0 spiro atoms. The van der Waals surface area contributed by atoms with Gasteiger partial charge in [-0.1, -0.05) is 74.0 Å². The van der Waals surface area contributed by atoms with Crippen molar-refractivity contribution in [3.63, 3.8) is 0 Å². The number of ether oxygens (including phenoxy) is 2. The van der Waals surface area contributed by atoms with E-state index in [2.05, 4.69) is 90.7 Å². The fourth-order valence-corrected chi connectivity index (χ4v) is 11.9. The minimum Gasteiger partial charge on any atom is -0.481 e. The number of fused-ring (bicyclic) bond motifs is 3. The summed E-state index contributed by atoms with van der Waals surface area (Å²) in [5.41, 5.74) is 6.61. The number of nitrogens with two attached hydrogens (primary N) is 1.